The van der Waals surface area contributed by atoms with Crippen LogP contribution >= 0.6 is 0 Å². The van der Waals surface area contributed by atoms with Crippen LogP contribution < -0.4 is 5.56 Å². The molecule has 0 fully saturated rings. The summed E-state index contributed by atoms with van der Waals surface area (Å²) in [7, 11) is 0. The van der Waals surface area contributed by atoms with Crippen LogP contribution in [0.25, 0.3) is 16.6 Å². The smallest absolute Gasteiger partial charge is 0.265 e. The van der Waals surface area contributed by atoms with Crippen molar-refractivity contribution in [3.63, 3.8) is 0 Å². The molecule has 2 aromatic carbocycles. The molecule has 0 aliphatic rings. The normalized spacial score (nSPS) is 11.3. The predicted octanol–water partition coefficient (Wildman–Crippen LogP) is 3.97. The average Bonchev–Trinajstić information content (AvgIpc) is 3.15. The summed E-state index contributed by atoms with van der Waals surface area (Å²) in [6.45, 7) is 6.12. The Kier molecular flexibility index (Phi) is 4.91. The highest BCUT2D eigenvalue weighted by Gasteiger charge is 2.19. The van der Waals surface area contributed by atoms with E-state index < -0.39 is 4.92 Å². The van der Waals surface area contributed by atoms with Crippen molar-refractivity contribution in [3.05, 3.63) is 92.0 Å². The van der Waals surface area contributed by atoms with E-state index in [1.165, 1.54) is 16.8 Å². The van der Waals surface area contributed by atoms with Gasteiger partial charge in [-0.25, -0.2) is 9.36 Å². The van der Waals surface area contributed by atoms with Crippen LogP contribution in [0.3, 0.4) is 0 Å². The lowest BCUT2D eigenvalue weighted by molar-refractivity contribution is -0.384. The first-order chi connectivity index (χ1) is 14.4. The zero-order valence-electron chi connectivity index (χ0n) is 16.9. The molecular weight excluding hydrogens is 382 g/mol. The molecule has 2 aromatic heterocycles. The predicted molar refractivity (Wildman–Crippen MR) is 114 cm³/mol. The van der Waals surface area contributed by atoms with Crippen molar-refractivity contribution in [2.75, 3.05) is 0 Å². The van der Waals surface area contributed by atoms with Gasteiger partial charge in [0.1, 0.15) is 5.52 Å². The zero-order valence-corrected chi connectivity index (χ0v) is 16.9. The van der Waals surface area contributed by atoms with Crippen molar-refractivity contribution in [1.82, 2.24) is 19.6 Å². The molecule has 0 saturated heterocycles. The summed E-state index contributed by atoms with van der Waals surface area (Å²) in [5.74, 6) is 0.0685. The van der Waals surface area contributed by atoms with Crippen LogP contribution in [0.4, 0.5) is 5.69 Å². The molecule has 0 radical (unpaired) electrons. The van der Waals surface area contributed by atoms with Gasteiger partial charge in [0.05, 0.1) is 29.0 Å². The van der Waals surface area contributed by atoms with Crippen molar-refractivity contribution in [1.29, 1.82) is 0 Å². The summed E-state index contributed by atoms with van der Waals surface area (Å²) in [6.07, 6.45) is 1.68. The molecule has 4 rings (SSSR count). The number of hydrogen-bond donors (Lipinski definition) is 0. The Morgan fingerprint density at radius 3 is 2.60 bits per heavy atom. The molecule has 0 aliphatic heterocycles. The molecule has 0 N–H and O–H groups in total. The molecule has 0 spiro atoms. The Hall–Kier alpha value is -3.81. The number of fused-ring (bicyclic) bond motifs is 1. The Balaban J connectivity index is 1.93. The van der Waals surface area contributed by atoms with Crippen molar-refractivity contribution in [3.8, 4) is 5.69 Å². The third-order valence-corrected chi connectivity index (χ3v) is 5.05. The molecule has 0 atom stereocenters. The number of nitro benzene ring substituents is 1. The fourth-order valence-electron chi connectivity index (χ4n) is 3.55. The molecule has 0 saturated carbocycles. The van der Waals surface area contributed by atoms with Crippen molar-refractivity contribution in [2.45, 2.75) is 33.2 Å². The lowest BCUT2D eigenvalue weighted by Crippen LogP contribution is -2.27. The lowest BCUT2D eigenvalue weighted by atomic mass is 10.1. The third-order valence-electron chi connectivity index (χ3n) is 5.05. The second-order valence-electron chi connectivity index (χ2n) is 7.53. The summed E-state index contributed by atoms with van der Waals surface area (Å²) in [5, 5.41) is 20.9. The molecule has 0 amide bonds. The summed E-state index contributed by atoms with van der Waals surface area (Å²) in [5.41, 5.74) is 3.36. The van der Waals surface area contributed by atoms with Gasteiger partial charge in [0.2, 0.25) is 0 Å². The minimum Gasteiger partial charge on any atom is -0.265 e. The quantitative estimate of drug-likeness (QED) is 0.371. The van der Waals surface area contributed by atoms with Crippen LogP contribution in [-0.4, -0.2) is 24.5 Å². The first-order valence-electron chi connectivity index (χ1n) is 9.65. The third kappa shape index (κ3) is 3.36. The Morgan fingerprint density at radius 2 is 1.90 bits per heavy atom. The Bertz CT molecular complexity index is 1320. The maximum atomic E-state index is 13.4. The van der Waals surface area contributed by atoms with Crippen LogP contribution in [0, 0.1) is 17.0 Å². The minimum absolute atomic E-state index is 0.0179. The van der Waals surface area contributed by atoms with E-state index in [1.807, 2.05) is 45.0 Å². The highest BCUT2D eigenvalue weighted by molar-refractivity contribution is 5.82. The summed E-state index contributed by atoms with van der Waals surface area (Å²) >= 11 is 0. The molecule has 4 aromatic rings. The van der Waals surface area contributed by atoms with Crippen molar-refractivity contribution in [2.24, 2.45) is 0 Å². The van der Waals surface area contributed by atoms with Gasteiger partial charge < -0.3 is 0 Å². The van der Waals surface area contributed by atoms with Crippen LogP contribution in [0.5, 0.6) is 0 Å². The molecule has 0 bridgehead atoms. The first kappa shape index (κ1) is 19.5. The van der Waals surface area contributed by atoms with Gasteiger partial charge in [-0.2, -0.15) is 10.2 Å². The molecule has 30 heavy (non-hydrogen) atoms. The highest BCUT2D eigenvalue weighted by atomic mass is 16.6. The number of hydrogen-bond acceptors (Lipinski definition) is 5. The topological polar surface area (TPSA) is 95.8 Å². The average molecular weight is 403 g/mol. The summed E-state index contributed by atoms with van der Waals surface area (Å²) in [6, 6.07) is 14.0. The van der Waals surface area contributed by atoms with E-state index in [2.05, 4.69) is 10.2 Å². The van der Waals surface area contributed by atoms with Crippen LogP contribution in [0.1, 0.15) is 36.6 Å². The van der Waals surface area contributed by atoms with Gasteiger partial charge in [-0.3, -0.25) is 14.9 Å². The molecular formula is C22H21N5O3. The fourth-order valence-corrected chi connectivity index (χ4v) is 3.55. The second-order valence-corrected chi connectivity index (χ2v) is 7.53. The number of benzene rings is 2. The molecule has 8 nitrogen and oxygen atoms in total. The Morgan fingerprint density at radius 1 is 1.13 bits per heavy atom. The van der Waals surface area contributed by atoms with E-state index in [4.69, 9.17) is 0 Å². The first-order valence-corrected chi connectivity index (χ1v) is 9.65. The highest BCUT2D eigenvalue weighted by Crippen LogP contribution is 2.24. The fraction of sp³-hybridized carbons (Fsp3) is 0.227. The number of non-ortho nitro benzene ring substituents is 1. The number of aryl methyl sites for hydroxylation is 1. The zero-order chi connectivity index (χ0) is 21.4. The maximum absolute atomic E-state index is 13.4. The van der Waals surface area contributed by atoms with Gasteiger partial charge in [-0.1, -0.05) is 44.2 Å². The number of nitrogens with zero attached hydrogens (tertiary/aromatic N) is 5. The second kappa shape index (κ2) is 7.55. The monoisotopic (exact) mass is 403 g/mol. The molecule has 0 unspecified atom stereocenters. The van der Waals surface area contributed by atoms with Gasteiger partial charge in [0.15, 0.2) is 0 Å². The molecule has 8 heteroatoms. The van der Waals surface area contributed by atoms with Crippen molar-refractivity contribution >= 4 is 16.6 Å². The Labute approximate surface area is 172 Å². The number of para-hydroxylation sites is 1. The maximum Gasteiger partial charge on any atom is 0.293 e. The number of rotatable bonds is 5. The number of nitro groups is 1. The largest absolute Gasteiger partial charge is 0.293 e. The van der Waals surface area contributed by atoms with Gasteiger partial charge >= 0.3 is 0 Å². The van der Waals surface area contributed by atoms with E-state index in [-0.39, 0.29) is 23.7 Å². The molecule has 152 valence electrons. The van der Waals surface area contributed by atoms with Gasteiger partial charge in [-0.05, 0) is 30.0 Å². The van der Waals surface area contributed by atoms with Crippen LogP contribution in [0.15, 0.2) is 59.5 Å². The molecule has 0 aliphatic carbocycles. The summed E-state index contributed by atoms with van der Waals surface area (Å²) < 4.78 is 3.03. The standard InChI is InChI=1S/C22H21N5O3/c1-14(2)20-18-12-23-26(19-10-5-4-7-15(19)3)21(18)22(28)25(24-20)13-16-8-6-9-17(11-16)27(29)30/h4-12,14H,13H2,1-3H3. The van der Waals surface area contributed by atoms with E-state index in [9.17, 15) is 14.9 Å². The number of aromatic nitrogens is 4. The molecule has 2 heterocycles. The van der Waals surface area contributed by atoms with Gasteiger partial charge in [0, 0.05) is 17.5 Å². The van der Waals surface area contributed by atoms with Crippen molar-refractivity contribution < 1.29 is 4.92 Å². The summed E-state index contributed by atoms with van der Waals surface area (Å²) in [4.78, 5) is 24.0. The van der Waals surface area contributed by atoms with E-state index in [0.29, 0.717) is 16.5 Å². The lowest BCUT2D eigenvalue weighted by Gasteiger charge is -2.13. The SMILES string of the molecule is Cc1ccccc1-n1ncc2c(C(C)C)nn(Cc3cccc([N+](=O)[O-])c3)c(=O)c21. The van der Waals surface area contributed by atoms with Gasteiger partial charge in [-0.15, -0.1) is 0 Å². The van der Waals surface area contributed by atoms with Crippen LogP contribution in [0.2, 0.25) is 0 Å². The minimum atomic E-state index is -0.449. The van der Waals surface area contributed by atoms with Crippen LogP contribution in [-0.2, 0) is 6.54 Å². The van der Waals surface area contributed by atoms with Gasteiger partial charge in [0.25, 0.3) is 11.2 Å². The van der Waals surface area contributed by atoms with E-state index in [1.54, 1.807) is 23.0 Å². The van der Waals surface area contributed by atoms with E-state index >= 15 is 0 Å². The van der Waals surface area contributed by atoms with E-state index in [0.717, 1.165) is 16.9 Å².